The number of nitrogens with one attached hydrogen (secondary N) is 1. The first-order valence-corrected chi connectivity index (χ1v) is 6.38. The zero-order valence-electron chi connectivity index (χ0n) is 10.6. The average molecular weight is 261 g/mol. The number of H-pyrrole nitrogens is 1. The van der Waals surface area contributed by atoms with Crippen LogP contribution in [0.25, 0.3) is 27.5 Å². The van der Waals surface area contributed by atoms with E-state index in [1.165, 1.54) is 0 Å². The summed E-state index contributed by atoms with van der Waals surface area (Å²) in [5.74, 6) is 0. The van der Waals surface area contributed by atoms with Gasteiger partial charge in [0, 0.05) is 11.6 Å². The first-order valence-electron chi connectivity index (χ1n) is 6.38. The van der Waals surface area contributed by atoms with Crippen LogP contribution in [-0.2, 0) is 0 Å². The number of fused-ring (bicyclic) bond motifs is 3. The largest absolute Gasteiger partial charge is 0.273 e. The van der Waals surface area contributed by atoms with Crippen LogP contribution in [0.1, 0.15) is 0 Å². The maximum Gasteiger partial charge on any atom is 0.273 e. The number of rotatable bonds is 1. The highest BCUT2D eigenvalue weighted by Gasteiger charge is 2.11. The Kier molecular flexibility index (Phi) is 2.23. The Balaban J connectivity index is 2.22. The van der Waals surface area contributed by atoms with Gasteiger partial charge in [-0.05, 0) is 18.2 Å². The van der Waals surface area contributed by atoms with E-state index in [9.17, 15) is 4.79 Å². The molecular formula is C16H11N3O. The molecule has 0 aliphatic rings. The molecule has 20 heavy (non-hydrogen) atoms. The summed E-state index contributed by atoms with van der Waals surface area (Å²) in [6.45, 7) is 0. The molecule has 2 aromatic heterocycles. The molecule has 0 amide bonds. The molecule has 0 spiro atoms. The Labute approximate surface area is 114 Å². The van der Waals surface area contributed by atoms with E-state index in [0.29, 0.717) is 5.39 Å². The molecule has 0 saturated heterocycles. The van der Waals surface area contributed by atoms with E-state index in [1.807, 2.05) is 59.3 Å². The number of hydrogen-bond donors (Lipinski definition) is 1. The Morgan fingerprint density at radius 1 is 0.900 bits per heavy atom. The second kappa shape index (κ2) is 4.06. The van der Waals surface area contributed by atoms with Crippen molar-refractivity contribution in [3.63, 3.8) is 0 Å². The van der Waals surface area contributed by atoms with Gasteiger partial charge in [-0.3, -0.25) is 19.6 Å². The van der Waals surface area contributed by atoms with Crippen LogP contribution >= 0.6 is 0 Å². The molecule has 0 fully saturated rings. The van der Waals surface area contributed by atoms with E-state index in [0.717, 1.165) is 22.1 Å². The fourth-order valence-electron chi connectivity index (χ4n) is 2.52. The summed E-state index contributed by atoms with van der Waals surface area (Å²) >= 11 is 0. The lowest BCUT2D eigenvalue weighted by Gasteiger charge is -2.06. The molecule has 2 heterocycles. The van der Waals surface area contributed by atoms with Gasteiger partial charge in [0.15, 0.2) is 0 Å². The van der Waals surface area contributed by atoms with Crippen molar-refractivity contribution in [2.75, 3.05) is 0 Å². The van der Waals surface area contributed by atoms with E-state index in [2.05, 4.69) is 10.1 Å². The minimum Gasteiger partial charge on any atom is -0.267 e. The molecule has 0 atom stereocenters. The number of para-hydroxylation sites is 2. The van der Waals surface area contributed by atoms with E-state index >= 15 is 0 Å². The molecule has 4 heteroatoms. The fraction of sp³-hybridized carbons (Fsp3) is 0. The molecular weight excluding hydrogens is 250 g/mol. The molecule has 2 aromatic carbocycles. The van der Waals surface area contributed by atoms with Gasteiger partial charge in [0.2, 0.25) is 0 Å². The quantitative estimate of drug-likeness (QED) is 0.572. The van der Waals surface area contributed by atoms with E-state index < -0.39 is 0 Å². The summed E-state index contributed by atoms with van der Waals surface area (Å²) in [5.41, 5.74) is 2.55. The van der Waals surface area contributed by atoms with Crippen molar-refractivity contribution in [1.29, 1.82) is 0 Å². The predicted molar refractivity (Wildman–Crippen MR) is 79.2 cm³/mol. The summed E-state index contributed by atoms with van der Waals surface area (Å²) in [6.07, 6.45) is 1.63. The Morgan fingerprint density at radius 3 is 2.50 bits per heavy atom. The molecule has 4 rings (SSSR count). The number of aromatic nitrogens is 3. The molecule has 0 radical (unpaired) electrons. The number of pyridine rings is 1. The highest BCUT2D eigenvalue weighted by atomic mass is 16.1. The Morgan fingerprint density at radius 2 is 1.65 bits per heavy atom. The normalized spacial score (nSPS) is 11.2. The predicted octanol–water partition coefficient (Wildman–Crippen LogP) is 2.87. The van der Waals surface area contributed by atoms with Crippen LogP contribution in [0.2, 0.25) is 0 Å². The number of aromatic amines is 1. The third-order valence-corrected chi connectivity index (χ3v) is 3.44. The van der Waals surface area contributed by atoms with Gasteiger partial charge in [-0.2, -0.15) is 0 Å². The van der Waals surface area contributed by atoms with Gasteiger partial charge < -0.3 is 0 Å². The molecule has 0 aliphatic heterocycles. The van der Waals surface area contributed by atoms with Crippen LogP contribution in [-0.4, -0.2) is 14.8 Å². The zero-order valence-corrected chi connectivity index (χ0v) is 10.6. The molecule has 0 bridgehead atoms. The molecule has 1 N–H and O–H groups in total. The van der Waals surface area contributed by atoms with Crippen molar-refractivity contribution in [1.82, 2.24) is 14.8 Å². The van der Waals surface area contributed by atoms with Gasteiger partial charge in [-0.1, -0.05) is 36.4 Å². The van der Waals surface area contributed by atoms with Gasteiger partial charge in [0.25, 0.3) is 5.56 Å². The minimum absolute atomic E-state index is 0.123. The van der Waals surface area contributed by atoms with Crippen molar-refractivity contribution in [3.05, 3.63) is 71.1 Å². The summed E-state index contributed by atoms with van der Waals surface area (Å²) in [7, 11) is 0. The minimum atomic E-state index is -0.123. The Bertz CT molecular complexity index is 967. The van der Waals surface area contributed by atoms with Crippen LogP contribution in [0, 0.1) is 0 Å². The summed E-state index contributed by atoms with van der Waals surface area (Å²) < 4.78 is 1.82. The lowest BCUT2D eigenvalue weighted by atomic mass is 10.1. The third-order valence-electron chi connectivity index (χ3n) is 3.44. The molecule has 0 unspecified atom stereocenters. The SMILES string of the molecule is O=c1[nH]n(-c2ccccc2)c2c1cnc1ccccc12. The Hall–Kier alpha value is -2.88. The zero-order chi connectivity index (χ0) is 13.5. The van der Waals surface area contributed by atoms with Gasteiger partial charge in [0.1, 0.15) is 0 Å². The number of benzene rings is 2. The second-order valence-electron chi connectivity index (χ2n) is 4.65. The molecule has 0 saturated carbocycles. The molecule has 96 valence electrons. The summed E-state index contributed by atoms with van der Waals surface area (Å²) in [6, 6.07) is 17.6. The smallest absolute Gasteiger partial charge is 0.267 e. The van der Waals surface area contributed by atoms with E-state index in [1.54, 1.807) is 6.20 Å². The van der Waals surface area contributed by atoms with Gasteiger partial charge in [-0.15, -0.1) is 0 Å². The number of hydrogen-bond acceptors (Lipinski definition) is 2. The van der Waals surface area contributed by atoms with E-state index in [4.69, 9.17) is 0 Å². The van der Waals surface area contributed by atoms with Crippen molar-refractivity contribution < 1.29 is 0 Å². The summed E-state index contributed by atoms with van der Waals surface area (Å²) in [5, 5.41) is 4.45. The lowest BCUT2D eigenvalue weighted by Crippen LogP contribution is -2.03. The maximum atomic E-state index is 12.1. The van der Waals surface area contributed by atoms with E-state index in [-0.39, 0.29) is 5.56 Å². The lowest BCUT2D eigenvalue weighted by molar-refractivity contribution is 0.893. The van der Waals surface area contributed by atoms with Gasteiger partial charge in [0.05, 0.1) is 22.1 Å². The van der Waals surface area contributed by atoms with Gasteiger partial charge in [-0.25, -0.2) is 0 Å². The number of nitrogens with zero attached hydrogens (tertiary/aromatic N) is 2. The van der Waals surface area contributed by atoms with Crippen LogP contribution in [0.3, 0.4) is 0 Å². The van der Waals surface area contributed by atoms with Crippen molar-refractivity contribution in [3.8, 4) is 5.69 Å². The first-order chi connectivity index (χ1) is 9.84. The van der Waals surface area contributed by atoms with Crippen molar-refractivity contribution in [2.24, 2.45) is 0 Å². The summed E-state index contributed by atoms with van der Waals surface area (Å²) in [4.78, 5) is 16.4. The highest BCUT2D eigenvalue weighted by Crippen LogP contribution is 2.23. The second-order valence-corrected chi connectivity index (χ2v) is 4.65. The average Bonchev–Trinajstić information content (AvgIpc) is 2.86. The fourth-order valence-corrected chi connectivity index (χ4v) is 2.52. The van der Waals surface area contributed by atoms with Crippen LogP contribution in [0.4, 0.5) is 0 Å². The van der Waals surface area contributed by atoms with Crippen molar-refractivity contribution >= 4 is 21.8 Å². The standard InChI is InChI=1S/C16H11N3O/c20-16-13-10-17-14-9-5-4-8-12(14)15(13)19(18-16)11-6-2-1-3-7-11/h1-10H,(H,18,20). The molecule has 4 aromatic rings. The molecule has 4 nitrogen and oxygen atoms in total. The maximum absolute atomic E-state index is 12.1. The van der Waals surface area contributed by atoms with Crippen molar-refractivity contribution in [2.45, 2.75) is 0 Å². The molecule has 0 aliphatic carbocycles. The van der Waals surface area contributed by atoms with Crippen LogP contribution < -0.4 is 5.56 Å². The first kappa shape index (κ1) is 11.0. The monoisotopic (exact) mass is 261 g/mol. The topological polar surface area (TPSA) is 50.7 Å². The van der Waals surface area contributed by atoms with Crippen LogP contribution in [0.15, 0.2) is 65.6 Å². The third kappa shape index (κ3) is 1.48. The van der Waals surface area contributed by atoms with Crippen LogP contribution in [0.5, 0.6) is 0 Å². The van der Waals surface area contributed by atoms with Gasteiger partial charge >= 0.3 is 0 Å². The highest BCUT2D eigenvalue weighted by molar-refractivity contribution is 6.03.